The van der Waals surface area contributed by atoms with Gasteiger partial charge in [-0.05, 0) is 6.42 Å². The third-order valence-corrected chi connectivity index (χ3v) is 1.37. The Morgan fingerprint density at radius 2 is 2.40 bits per heavy atom. The molecule has 0 atom stereocenters. The number of halogens is 1. The van der Waals surface area contributed by atoms with Crippen molar-refractivity contribution in [3.63, 3.8) is 0 Å². The van der Waals surface area contributed by atoms with Crippen molar-refractivity contribution in [1.82, 2.24) is 5.01 Å². The van der Waals surface area contributed by atoms with Crippen LogP contribution < -0.4 is 0 Å². The van der Waals surface area contributed by atoms with E-state index < -0.39 is 0 Å². The molecule has 0 saturated carbocycles. The van der Waals surface area contributed by atoms with Gasteiger partial charge in [0.1, 0.15) is 0 Å². The Morgan fingerprint density at radius 3 is 2.80 bits per heavy atom. The summed E-state index contributed by atoms with van der Waals surface area (Å²) in [6, 6.07) is 0. The van der Waals surface area contributed by atoms with E-state index in [0.29, 0.717) is 13.0 Å². The monoisotopic (exact) mass is 206 g/mol. The summed E-state index contributed by atoms with van der Waals surface area (Å²) in [5, 5.41) is 4.91. The van der Waals surface area contributed by atoms with Gasteiger partial charge in [0.25, 0.3) is 6.08 Å². The molecule has 0 fully saturated rings. The Morgan fingerprint density at radius 1 is 1.70 bits per heavy atom. The fourth-order valence-electron chi connectivity index (χ4n) is 0.400. The van der Waals surface area contributed by atoms with Gasteiger partial charge in [0.05, 0.1) is 0 Å². The summed E-state index contributed by atoms with van der Waals surface area (Å²) in [7, 11) is 0. The van der Waals surface area contributed by atoms with E-state index in [1.54, 1.807) is 0 Å². The second kappa shape index (κ2) is 6.45. The lowest BCUT2D eigenvalue weighted by Crippen LogP contribution is -2.16. The molecule has 10 heavy (non-hydrogen) atoms. The Bertz CT molecular complexity index is 145. The second-order valence-electron chi connectivity index (χ2n) is 1.50. The van der Waals surface area contributed by atoms with Crippen molar-refractivity contribution in [2.45, 2.75) is 6.42 Å². The van der Waals surface area contributed by atoms with Gasteiger partial charge in [0.2, 0.25) is 6.41 Å². The van der Waals surface area contributed by atoms with Crippen molar-refractivity contribution in [3.8, 4) is 0 Å². The zero-order valence-electron chi connectivity index (χ0n) is 5.29. The summed E-state index contributed by atoms with van der Waals surface area (Å²) >= 11 is 3.18. The SMILES string of the molecule is O=C=NN(C=O)CCCBr. The smallest absolute Gasteiger partial charge is 0.258 e. The summed E-state index contributed by atoms with van der Waals surface area (Å²) in [6.45, 7) is 0.448. The molecule has 0 bridgehead atoms. The Hall–Kier alpha value is -0.670. The molecule has 0 radical (unpaired) electrons. The first-order valence-corrected chi connectivity index (χ1v) is 3.83. The van der Waals surface area contributed by atoms with Crippen LogP contribution in [0.1, 0.15) is 6.42 Å². The third kappa shape index (κ3) is 4.23. The fourth-order valence-corrected chi connectivity index (χ4v) is 0.651. The molecule has 0 unspecified atom stereocenters. The maximum absolute atomic E-state index is 10.0. The predicted molar refractivity (Wildman–Crippen MR) is 39.3 cm³/mol. The number of carbonyl (C=O) groups is 1. The van der Waals surface area contributed by atoms with Gasteiger partial charge in [-0.15, -0.1) is 0 Å². The zero-order valence-corrected chi connectivity index (χ0v) is 6.87. The van der Waals surface area contributed by atoms with Gasteiger partial charge in [-0.2, -0.15) is 0 Å². The molecule has 0 aromatic carbocycles. The molecule has 0 aromatic rings. The van der Waals surface area contributed by atoms with Crippen LogP contribution in [0, 0.1) is 0 Å². The first-order valence-electron chi connectivity index (χ1n) is 2.71. The van der Waals surface area contributed by atoms with Gasteiger partial charge in [-0.3, -0.25) is 4.79 Å². The minimum atomic E-state index is 0.448. The summed E-state index contributed by atoms with van der Waals surface area (Å²) in [5.41, 5.74) is 0. The number of nitrogens with zero attached hydrogens (tertiary/aromatic N) is 2. The van der Waals surface area contributed by atoms with Gasteiger partial charge in [0.15, 0.2) is 0 Å². The summed E-state index contributed by atoms with van der Waals surface area (Å²) in [5.74, 6) is 0. The molecule has 0 aliphatic heterocycles. The molecule has 0 saturated heterocycles. The van der Waals surface area contributed by atoms with Crippen molar-refractivity contribution >= 4 is 28.4 Å². The van der Waals surface area contributed by atoms with Gasteiger partial charge in [-0.25, -0.2) is 9.80 Å². The first-order chi connectivity index (χ1) is 4.85. The van der Waals surface area contributed by atoms with E-state index in [1.165, 1.54) is 6.08 Å². The Kier molecular flexibility index (Phi) is 6.02. The molecule has 1 amide bonds. The lowest BCUT2D eigenvalue weighted by Gasteiger charge is -2.04. The number of rotatable bonds is 5. The highest BCUT2D eigenvalue weighted by atomic mass is 79.9. The van der Waals surface area contributed by atoms with Gasteiger partial charge in [0, 0.05) is 11.9 Å². The van der Waals surface area contributed by atoms with E-state index in [1.807, 2.05) is 0 Å². The third-order valence-electron chi connectivity index (χ3n) is 0.812. The second-order valence-corrected chi connectivity index (χ2v) is 2.30. The normalized spacial score (nSPS) is 8.10. The lowest BCUT2D eigenvalue weighted by molar-refractivity contribution is -0.118. The topological polar surface area (TPSA) is 49.7 Å². The lowest BCUT2D eigenvalue weighted by atomic mass is 10.5. The van der Waals surface area contributed by atoms with E-state index in [9.17, 15) is 9.59 Å². The van der Waals surface area contributed by atoms with Crippen LogP contribution in [-0.4, -0.2) is 29.4 Å². The minimum absolute atomic E-state index is 0.448. The van der Waals surface area contributed by atoms with Crippen LogP contribution in [0.5, 0.6) is 0 Å². The molecule has 4 nitrogen and oxygen atoms in total. The standard InChI is InChI=1S/C5H7BrN2O2/c6-2-1-3-8(5-10)7-4-9/h5H,1-3H2. The van der Waals surface area contributed by atoms with Crippen molar-refractivity contribution in [2.75, 3.05) is 11.9 Å². The molecule has 0 N–H and O–H groups in total. The van der Waals surface area contributed by atoms with E-state index >= 15 is 0 Å². The Balaban J connectivity index is 3.60. The number of hydrogen-bond donors (Lipinski definition) is 0. The van der Waals surface area contributed by atoms with E-state index in [4.69, 9.17) is 0 Å². The predicted octanol–water partition coefficient (Wildman–Crippen LogP) is 0.481. The van der Waals surface area contributed by atoms with E-state index in [-0.39, 0.29) is 0 Å². The molecular formula is C5H7BrN2O2. The summed E-state index contributed by atoms with van der Waals surface area (Å²) in [6.07, 6.45) is 2.54. The number of alkyl halides is 1. The van der Waals surface area contributed by atoms with E-state index in [0.717, 1.165) is 16.8 Å². The molecule has 56 valence electrons. The van der Waals surface area contributed by atoms with Crippen LogP contribution in [-0.2, 0) is 9.59 Å². The average Bonchev–Trinajstić information content (AvgIpc) is 1.98. The van der Waals surface area contributed by atoms with E-state index in [2.05, 4.69) is 21.0 Å². The van der Waals surface area contributed by atoms with Crippen molar-refractivity contribution in [3.05, 3.63) is 0 Å². The molecule has 5 heteroatoms. The molecule has 0 aromatic heterocycles. The van der Waals surface area contributed by atoms with Gasteiger partial charge >= 0.3 is 0 Å². The largest absolute Gasteiger partial charge is 0.277 e. The van der Waals surface area contributed by atoms with Gasteiger partial charge < -0.3 is 0 Å². The van der Waals surface area contributed by atoms with Gasteiger partial charge in [-0.1, -0.05) is 21.0 Å². The number of amides is 1. The maximum atomic E-state index is 10.0. The number of isocyanates is 1. The molecular weight excluding hydrogens is 200 g/mol. The maximum Gasteiger partial charge on any atom is 0.258 e. The Labute approximate surface area is 67.0 Å². The van der Waals surface area contributed by atoms with Crippen LogP contribution in [0.3, 0.4) is 0 Å². The number of hydrazone groups is 1. The fraction of sp³-hybridized carbons (Fsp3) is 0.600. The highest BCUT2D eigenvalue weighted by Gasteiger charge is 1.95. The zero-order chi connectivity index (χ0) is 7.82. The van der Waals surface area contributed by atoms with Crippen molar-refractivity contribution in [2.24, 2.45) is 5.10 Å². The van der Waals surface area contributed by atoms with Crippen LogP contribution in [0.4, 0.5) is 0 Å². The number of carbonyl (C=O) groups excluding carboxylic acids is 2. The molecule has 0 aliphatic carbocycles. The quantitative estimate of drug-likeness (QED) is 0.216. The van der Waals surface area contributed by atoms with Crippen molar-refractivity contribution < 1.29 is 9.59 Å². The molecule has 0 spiro atoms. The van der Waals surface area contributed by atoms with Crippen LogP contribution in [0.15, 0.2) is 5.10 Å². The van der Waals surface area contributed by atoms with Crippen LogP contribution in [0.2, 0.25) is 0 Å². The summed E-state index contributed by atoms with van der Waals surface area (Å²) in [4.78, 5) is 19.7. The van der Waals surface area contributed by atoms with Crippen LogP contribution in [0.25, 0.3) is 0 Å². The number of hydrogen-bond acceptors (Lipinski definition) is 3. The molecule has 0 aliphatic rings. The first kappa shape index (κ1) is 9.33. The summed E-state index contributed by atoms with van der Waals surface area (Å²) < 4.78 is 0. The van der Waals surface area contributed by atoms with Crippen molar-refractivity contribution in [1.29, 1.82) is 0 Å². The average molecular weight is 207 g/mol. The molecule has 0 rings (SSSR count). The highest BCUT2D eigenvalue weighted by Crippen LogP contribution is 1.91. The van der Waals surface area contributed by atoms with Crippen LogP contribution >= 0.6 is 15.9 Å². The molecule has 0 heterocycles. The highest BCUT2D eigenvalue weighted by molar-refractivity contribution is 9.09. The minimum Gasteiger partial charge on any atom is -0.277 e.